The minimum atomic E-state index is -0.243. The van der Waals surface area contributed by atoms with Gasteiger partial charge in [0, 0.05) is 0 Å². The molecule has 0 N–H and O–H groups in total. The Hall–Kier alpha value is -0.464. The van der Waals surface area contributed by atoms with Crippen molar-refractivity contribution < 1.29 is 46.4 Å². The van der Waals surface area contributed by atoms with Crippen LogP contribution in [0.25, 0.3) is 16.3 Å². The molecule has 0 heterocycles. The summed E-state index contributed by atoms with van der Waals surface area (Å²) < 4.78 is 0. The second-order valence-electron chi connectivity index (χ2n) is 6.24. The zero-order valence-electron chi connectivity index (χ0n) is 16.0. The summed E-state index contributed by atoms with van der Waals surface area (Å²) in [5.74, 6) is 4.75. The van der Waals surface area contributed by atoms with Crippen molar-refractivity contribution in [1.29, 1.82) is 0 Å². The predicted octanol–water partition coefficient (Wildman–Crippen LogP) is 0.493. The maximum atomic E-state index is 3.15. The van der Waals surface area contributed by atoms with Gasteiger partial charge in [0.1, 0.15) is 0 Å². The van der Waals surface area contributed by atoms with Gasteiger partial charge in [-0.1, -0.05) is 43.3 Å². The van der Waals surface area contributed by atoms with E-state index in [9.17, 15) is 0 Å². The number of benzene rings is 2. The van der Waals surface area contributed by atoms with Gasteiger partial charge in [0.05, 0.1) is 0 Å². The van der Waals surface area contributed by atoms with E-state index in [0.29, 0.717) is 0 Å². The zero-order chi connectivity index (χ0) is 18.1. The Balaban J connectivity index is 0.000000397. The Morgan fingerprint density at radius 2 is 1.56 bits per heavy atom. The second-order valence-corrected chi connectivity index (χ2v) is 23.2. The van der Waals surface area contributed by atoms with Crippen LogP contribution in [0.3, 0.4) is 0 Å². The van der Waals surface area contributed by atoms with Gasteiger partial charge in [-0.15, -0.1) is 52.6 Å². The van der Waals surface area contributed by atoms with Crippen molar-refractivity contribution in [1.82, 2.24) is 0 Å². The molecule has 4 rings (SSSR count). The average Bonchev–Trinajstić information content (AvgIpc) is 3.24. The molecule has 0 aliphatic heterocycles. The summed E-state index contributed by atoms with van der Waals surface area (Å²) in [4.78, 5) is 0. The molecule has 3 aromatic carbocycles. The van der Waals surface area contributed by atoms with Crippen molar-refractivity contribution >= 4 is 26.3 Å². The fourth-order valence-corrected chi connectivity index (χ4v) is 2.53. The summed E-state index contributed by atoms with van der Waals surface area (Å²) >= 11 is 1.80. The first kappa shape index (κ1) is 26.5. The number of rotatable bonds is 1. The van der Waals surface area contributed by atoms with Gasteiger partial charge in [-0.2, -0.15) is 17.7 Å². The predicted molar refractivity (Wildman–Crippen MR) is 109 cm³/mol. The molecule has 140 valence electrons. The van der Waals surface area contributed by atoms with Crippen molar-refractivity contribution in [3.05, 3.63) is 96.1 Å². The first-order valence-electron chi connectivity index (χ1n) is 8.52. The van der Waals surface area contributed by atoms with Gasteiger partial charge in [-0.25, -0.2) is 6.08 Å². The van der Waals surface area contributed by atoms with E-state index >= 15 is 0 Å². The van der Waals surface area contributed by atoms with Crippen LogP contribution in [0.15, 0.2) is 78.9 Å². The van der Waals surface area contributed by atoms with E-state index < -0.39 is 0 Å². The topological polar surface area (TPSA) is 0 Å². The Labute approximate surface area is 192 Å². The standard InChI is InChI=1S/C11H9.C10H9.C2H6Ge.2ClH.Zr/c1-2-6-10(7-3-1)11-8-4-5-9-11;1-8-6-9-4-2-3-5-10(9)7-8;1-3-2;;;/h1-3,6-9H,4H2;2-7H,1H3;1-2H3;2*1H;/q2*-1;;;;+2/p-2. The molecule has 0 bridgehead atoms. The molecule has 0 amide bonds. The number of hydrogen-bond acceptors (Lipinski definition) is 0. The largest absolute Gasteiger partial charge is 1.00 e. The van der Waals surface area contributed by atoms with Crippen LogP contribution in [0.2, 0.25) is 11.5 Å². The number of allylic oxidation sites excluding steroid dienone is 4. The number of halogens is 2. The Morgan fingerprint density at radius 3 is 2.11 bits per heavy atom. The fraction of sp³-hybridized carbons (Fsp3) is 0.174. The van der Waals surface area contributed by atoms with E-state index in [1.54, 1.807) is 21.6 Å². The maximum Gasteiger partial charge on any atom is -1.00 e. The molecule has 1 aliphatic rings. The van der Waals surface area contributed by atoms with Gasteiger partial charge in [-0.3, -0.25) is 6.08 Å². The van der Waals surface area contributed by atoms with Crippen LogP contribution in [-0.2, 0) is 21.6 Å². The molecule has 0 radical (unpaired) electrons. The van der Waals surface area contributed by atoms with Crippen molar-refractivity contribution in [3.63, 3.8) is 0 Å². The number of aryl methyl sites for hydroxylation is 1. The van der Waals surface area contributed by atoms with E-state index in [-0.39, 0.29) is 34.8 Å². The SMILES string of the molecule is Cc1cc2ccccc2[cH-]1.[C-]1=CC(c2ccccc2)=CC1.[CH3][Ge]([CH3])=[Zr+2].[Cl-].[Cl-]. The third kappa shape index (κ3) is 10.0. The van der Waals surface area contributed by atoms with Gasteiger partial charge in [0.15, 0.2) is 0 Å². The second kappa shape index (κ2) is 14.5. The zero-order valence-corrected chi connectivity index (χ0v) is 22.0. The van der Waals surface area contributed by atoms with Crippen LogP contribution in [0.4, 0.5) is 0 Å². The number of hydrogen-bond donors (Lipinski definition) is 0. The Morgan fingerprint density at radius 1 is 0.963 bits per heavy atom. The van der Waals surface area contributed by atoms with Crippen LogP contribution in [0, 0.1) is 13.0 Å². The molecular weight excluding hydrogens is 511 g/mol. The summed E-state index contributed by atoms with van der Waals surface area (Å²) in [6.45, 7) is 2.12. The van der Waals surface area contributed by atoms with Crippen LogP contribution < -0.4 is 24.8 Å². The van der Waals surface area contributed by atoms with Crippen LogP contribution >= 0.6 is 0 Å². The first-order chi connectivity index (χ1) is 12.1. The molecule has 1 aliphatic carbocycles. The molecular formula is C23H24Cl2GeZr-2. The molecule has 0 fully saturated rings. The van der Waals surface area contributed by atoms with Gasteiger partial charge in [0.2, 0.25) is 0 Å². The quantitative estimate of drug-likeness (QED) is 0.315. The van der Waals surface area contributed by atoms with Crippen molar-refractivity contribution in [3.8, 4) is 0 Å². The van der Waals surface area contributed by atoms with Gasteiger partial charge in [-0.05, 0) is 0 Å². The normalized spacial score (nSPS) is 11.1. The molecule has 4 heteroatoms. The van der Waals surface area contributed by atoms with Crippen LogP contribution in [0.1, 0.15) is 17.5 Å². The summed E-state index contributed by atoms with van der Waals surface area (Å²) in [6, 6.07) is 23.2. The summed E-state index contributed by atoms with van der Waals surface area (Å²) in [5, 5.41) is 2.69. The molecule has 27 heavy (non-hydrogen) atoms. The molecule has 0 saturated heterocycles. The molecule has 0 atom stereocenters. The Bertz CT molecular complexity index is 843. The molecule has 0 nitrogen and oxygen atoms in total. The maximum absolute atomic E-state index is 3.15. The van der Waals surface area contributed by atoms with Crippen molar-refractivity contribution in [2.45, 2.75) is 24.9 Å². The minimum absolute atomic E-state index is 0. The van der Waals surface area contributed by atoms with Gasteiger partial charge < -0.3 is 24.8 Å². The third-order valence-corrected chi connectivity index (χ3v) is 3.57. The van der Waals surface area contributed by atoms with E-state index in [2.05, 4.69) is 97.3 Å². The van der Waals surface area contributed by atoms with Crippen LogP contribution in [-0.4, -0.2) is 9.98 Å². The van der Waals surface area contributed by atoms with Crippen LogP contribution in [0.5, 0.6) is 0 Å². The van der Waals surface area contributed by atoms with E-state index in [1.807, 2.05) is 6.07 Å². The van der Waals surface area contributed by atoms with E-state index in [0.717, 1.165) is 6.42 Å². The van der Waals surface area contributed by atoms with Crippen molar-refractivity contribution in [2.75, 3.05) is 0 Å². The Kier molecular flexibility index (Phi) is 14.3. The monoisotopic (exact) mass is 534 g/mol. The minimum Gasteiger partial charge on any atom is -1.00 e. The summed E-state index contributed by atoms with van der Waals surface area (Å²) in [6.07, 6.45) is 8.36. The average molecular weight is 535 g/mol. The molecule has 0 aromatic heterocycles. The number of fused-ring (bicyclic) bond motifs is 1. The molecule has 0 saturated carbocycles. The van der Waals surface area contributed by atoms with Crippen molar-refractivity contribution in [2.24, 2.45) is 0 Å². The smallest absolute Gasteiger partial charge is 1.00 e. The van der Waals surface area contributed by atoms with E-state index in [1.165, 1.54) is 27.5 Å². The molecule has 0 unspecified atom stereocenters. The first-order valence-corrected chi connectivity index (χ1v) is 20.2. The molecule has 0 spiro atoms. The molecule has 3 aromatic rings. The summed E-state index contributed by atoms with van der Waals surface area (Å²) in [7, 11) is -0.243. The van der Waals surface area contributed by atoms with Gasteiger partial charge >= 0.3 is 43.1 Å². The fourth-order valence-electron chi connectivity index (χ4n) is 2.53. The third-order valence-electron chi connectivity index (χ3n) is 3.57. The summed E-state index contributed by atoms with van der Waals surface area (Å²) in [5.41, 5.74) is 3.93. The van der Waals surface area contributed by atoms with E-state index in [4.69, 9.17) is 0 Å². The van der Waals surface area contributed by atoms with Gasteiger partial charge in [0.25, 0.3) is 0 Å².